The minimum Gasteiger partial charge on any atom is -0.870 e. The predicted octanol–water partition coefficient (Wildman–Crippen LogP) is 2.33. The molecule has 0 saturated carbocycles. The first-order valence-electron chi connectivity index (χ1n) is 16.7. The Morgan fingerprint density at radius 1 is 0.841 bits per heavy atom. The number of aromatic nitrogens is 3. The molecule has 5 rings (SSSR count). The molecule has 0 amide bonds. The third-order valence-electron chi connectivity index (χ3n) is 7.83. The number of carbonyl (C=O) groups excluding carboxylic acids is 1. The number of carboxylic acid groups (broad SMARTS) is 1. The summed E-state index contributed by atoms with van der Waals surface area (Å²) in [5, 5.41) is 42.6. The average Bonchev–Trinajstić information content (AvgIpc) is 3.18. The molecule has 1 radical (unpaired) electrons. The van der Waals surface area contributed by atoms with Crippen LogP contribution in [0.1, 0.15) is 17.3 Å². The van der Waals surface area contributed by atoms with Crippen LogP contribution in [0.5, 0.6) is 5.75 Å². The summed E-state index contributed by atoms with van der Waals surface area (Å²) in [7, 11) is -19.6. The van der Waals surface area contributed by atoms with Gasteiger partial charge in [0.1, 0.15) is 26.1 Å². The van der Waals surface area contributed by atoms with Crippen LogP contribution in [0.15, 0.2) is 125 Å². The van der Waals surface area contributed by atoms with Crippen molar-refractivity contribution >= 4 is 92.7 Å². The number of anilines is 4. The number of sulfone groups is 1. The number of nitrogens with one attached hydrogen (secondary N) is 1. The monoisotopic (exact) mass is 1010 g/mol. The molecule has 1 aliphatic carbocycles. The SMILES string of the molecule is CCN(c1ccc(S(=O)(=O)CCOS(=O)(=O)[O-])cc1)c1nc(Cl)nc(Nc2cc(S(=O)(=O)[O-])cc(N=N/C(N=Nc3cc(S(=O)(=O)[O-])ccc3C(=O)[O-])=C3\C=CC=C[CH-]3)c2[O-])n1.[Cu+2]. The van der Waals surface area contributed by atoms with E-state index < -0.39 is 114 Å². The first kappa shape index (κ1) is 49.9. The molecule has 337 valence electrons. The van der Waals surface area contributed by atoms with E-state index in [0.717, 1.165) is 6.07 Å². The van der Waals surface area contributed by atoms with Gasteiger partial charge in [0.15, 0.2) is 9.84 Å². The number of halogens is 1. The van der Waals surface area contributed by atoms with E-state index in [0.29, 0.717) is 24.3 Å². The van der Waals surface area contributed by atoms with Gasteiger partial charge < -0.3 is 38.9 Å². The molecule has 1 N–H and O–H groups in total. The zero-order valence-corrected chi connectivity index (χ0v) is 36.2. The molecule has 1 aromatic heterocycles. The van der Waals surface area contributed by atoms with Gasteiger partial charge >= 0.3 is 17.1 Å². The fourth-order valence-corrected chi connectivity index (χ4v) is 7.67. The van der Waals surface area contributed by atoms with E-state index in [1.807, 2.05) is 0 Å². The van der Waals surface area contributed by atoms with Crippen LogP contribution in [0.3, 0.4) is 0 Å². The number of carbonyl (C=O) groups is 1. The zero-order chi connectivity index (χ0) is 45.6. The maximum atomic E-state index is 13.7. The van der Waals surface area contributed by atoms with Gasteiger partial charge in [0.25, 0.3) is 0 Å². The predicted molar refractivity (Wildman–Crippen MR) is 206 cm³/mol. The third-order valence-corrected chi connectivity index (χ3v) is 11.8. The summed E-state index contributed by atoms with van der Waals surface area (Å²) < 4.78 is 133. The summed E-state index contributed by atoms with van der Waals surface area (Å²) >= 11 is 6.17. The van der Waals surface area contributed by atoms with Crippen molar-refractivity contribution in [1.82, 2.24) is 15.0 Å². The summed E-state index contributed by atoms with van der Waals surface area (Å²) in [6.07, 6.45) is 7.42. The molecule has 1 heterocycles. The molecular formula is C33H24ClCuN9O15S4-4. The van der Waals surface area contributed by atoms with Gasteiger partial charge in [0.05, 0.1) is 44.4 Å². The van der Waals surface area contributed by atoms with Crippen LogP contribution in [-0.2, 0) is 61.7 Å². The summed E-state index contributed by atoms with van der Waals surface area (Å²) in [5.41, 5.74) is -2.35. The van der Waals surface area contributed by atoms with E-state index in [2.05, 4.69) is 44.9 Å². The van der Waals surface area contributed by atoms with Crippen LogP contribution in [0, 0.1) is 6.42 Å². The molecule has 4 aromatic rings. The van der Waals surface area contributed by atoms with Crippen LogP contribution >= 0.6 is 11.6 Å². The second-order valence-corrected chi connectivity index (χ2v) is 18.2. The normalized spacial score (nSPS) is 14.0. The Hall–Kier alpha value is -5.72. The van der Waals surface area contributed by atoms with Gasteiger partial charge in [-0.25, -0.2) is 33.7 Å². The minimum atomic E-state index is -5.31. The largest absolute Gasteiger partial charge is 2.00 e. The number of aromatic carboxylic acids is 1. The second-order valence-electron chi connectivity index (χ2n) is 11.9. The molecule has 30 heteroatoms. The van der Waals surface area contributed by atoms with E-state index in [1.165, 1.54) is 53.8 Å². The van der Waals surface area contributed by atoms with E-state index in [4.69, 9.17) is 11.6 Å². The summed E-state index contributed by atoms with van der Waals surface area (Å²) in [4.78, 5) is 23.2. The minimum absolute atomic E-state index is 0. The maximum Gasteiger partial charge on any atom is 2.00 e. The van der Waals surface area contributed by atoms with Crippen molar-refractivity contribution < 1.29 is 83.6 Å². The van der Waals surface area contributed by atoms with Crippen LogP contribution < -0.4 is 20.4 Å². The second kappa shape index (κ2) is 20.2. The van der Waals surface area contributed by atoms with Gasteiger partial charge in [-0.05, 0) is 73.1 Å². The van der Waals surface area contributed by atoms with E-state index >= 15 is 0 Å². The quantitative estimate of drug-likeness (QED) is 0.0521. The Morgan fingerprint density at radius 2 is 1.46 bits per heavy atom. The molecule has 0 aliphatic heterocycles. The molecule has 0 spiro atoms. The topological polar surface area (TPSA) is 382 Å². The number of rotatable bonds is 17. The Kier molecular flexibility index (Phi) is 16.0. The van der Waals surface area contributed by atoms with E-state index in [1.54, 1.807) is 13.0 Å². The van der Waals surface area contributed by atoms with Crippen LogP contribution in [0.4, 0.5) is 34.6 Å². The fraction of sp³-hybridized carbons (Fsp3) is 0.121. The number of nitrogens with zero attached hydrogens (tertiary/aromatic N) is 8. The molecule has 0 fully saturated rings. The molecular weight excluding hydrogens is 990 g/mol. The summed E-state index contributed by atoms with van der Waals surface area (Å²) in [6.45, 7) is 0.835. The first-order chi connectivity index (χ1) is 28.9. The van der Waals surface area contributed by atoms with Crippen molar-refractivity contribution in [3.63, 3.8) is 0 Å². The summed E-state index contributed by atoms with van der Waals surface area (Å²) in [5.74, 6) is -4.88. The molecule has 0 unspecified atom stereocenters. The third kappa shape index (κ3) is 13.4. The maximum absolute atomic E-state index is 13.7. The van der Waals surface area contributed by atoms with Gasteiger partial charge in [0.2, 0.25) is 27.6 Å². The summed E-state index contributed by atoms with van der Waals surface area (Å²) in [6, 6.07) is 8.32. The number of hydrogen-bond acceptors (Lipinski definition) is 24. The zero-order valence-electron chi connectivity index (χ0n) is 31.2. The molecule has 3 aromatic carbocycles. The van der Waals surface area contributed by atoms with Gasteiger partial charge in [-0.2, -0.15) is 35.4 Å². The van der Waals surface area contributed by atoms with Crippen molar-refractivity contribution in [2.75, 3.05) is 29.1 Å². The number of hydrogen-bond donors (Lipinski definition) is 1. The van der Waals surface area contributed by atoms with Crippen molar-refractivity contribution in [3.05, 3.63) is 108 Å². The molecule has 63 heavy (non-hydrogen) atoms. The van der Waals surface area contributed by atoms with Gasteiger partial charge in [-0.3, -0.25) is 4.18 Å². The average molecular weight is 1010 g/mol. The van der Waals surface area contributed by atoms with Crippen molar-refractivity contribution in [3.8, 4) is 5.75 Å². The van der Waals surface area contributed by atoms with Crippen molar-refractivity contribution in [2.45, 2.75) is 21.6 Å². The van der Waals surface area contributed by atoms with Crippen LogP contribution in [0.2, 0.25) is 5.28 Å². The Labute approximate surface area is 373 Å². The standard InChI is InChI=1S/C33H29ClN9O15S4.Cu/c1-2-43(20-8-10-21(11-9-20)59(47,48)15-14-58-62(55,56)57)33-37-31(34)36-32(38-33)35-26-17-23(61(52,53)54)18-27(28(26)44)40-42-29(19-6-4-3-5-7-19)41-39-25-16-22(60(49,50)51)12-13-24(25)30(45)46;/h3-13,16-18,44H,2,14-15H2,1H3,(H,45,46)(H,49,50,51)(H,52,53,54)(H,55,56,57)(H,35,36,37,38);/q-1;+2/p-5. The van der Waals surface area contributed by atoms with E-state index in [-0.39, 0.29) is 45.7 Å². The van der Waals surface area contributed by atoms with Crippen molar-refractivity contribution in [2.24, 2.45) is 20.5 Å². The van der Waals surface area contributed by atoms with Gasteiger partial charge in [0, 0.05) is 23.5 Å². The molecule has 24 nitrogen and oxygen atoms in total. The molecule has 0 atom stereocenters. The number of allylic oxidation sites excluding steroid dienone is 5. The van der Waals surface area contributed by atoms with Crippen LogP contribution in [0.25, 0.3) is 0 Å². The number of carboxylic acids is 1. The molecule has 1 aliphatic rings. The number of azo groups is 2. The van der Waals surface area contributed by atoms with Crippen LogP contribution in [-0.4, -0.2) is 87.2 Å². The fourth-order valence-electron chi connectivity index (χ4n) is 5.02. The van der Waals surface area contributed by atoms with Gasteiger partial charge in [-0.15, -0.1) is 36.3 Å². The van der Waals surface area contributed by atoms with Gasteiger partial charge in [-0.1, -0.05) is 5.75 Å². The van der Waals surface area contributed by atoms with E-state index in [9.17, 15) is 62.3 Å². The number of benzene rings is 3. The van der Waals surface area contributed by atoms with Crippen molar-refractivity contribution in [1.29, 1.82) is 0 Å². The first-order valence-corrected chi connectivity index (χ1v) is 22.9. The molecule has 0 bridgehead atoms. The molecule has 0 saturated heterocycles. The Balaban J connectivity index is 0.00000871. The Bertz CT molecular complexity index is 3040. The Morgan fingerprint density at radius 3 is 2.03 bits per heavy atom. The smallest absolute Gasteiger partial charge is 0.870 e.